The van der Waals surface area contributed by atoms with Crippen LogP contribution in [0.15, 0.2) is 53.6 Å². The van der Waals surface area contributed by atoms with Crippen molar-refractivity contribution >= 4 is 5.69 Å². The van der Waals surface area contributed by atoms with Gasteiger partial charge in [0, 0.05) is 11.6 Å². The summed E-state index contributed by atoms with van der Waals surface area (Å²) in [5.74, 6) is 2.08. The van der Waals surface area contributed by atoms with E-state index >= 15 is 0 Å². The summed E-state index contributed by atoms with van der Waals surface area (Å²) in [7, 11) is 0. The van der Waals surface area contributed by atoms with Gasteiger partial charge in [-0.1, -0.05) is 90.2 Å². The van der Waals surface area contributed by atoms with Gasteiger partial charge in [0.2, 0.25) is 0 Å². The summed E-state index contributed by atoms with van der Waals surface area (Å²) in [6.45, 7) is 22.8. The first-order valence-electron chi connectivity index (χ1n) is 15.4. The maximum absolute atomic E-state index is 13.4. The highest BCUT2D eigenvalue weighted by molar-refractivity contribution is 5.55. The van der Waals surface area contributed by atoms with Crippen molar-refractivity contribution in [2.75, 3.05) is 5.32 Å². The predicted octanol–water partition coefficient (Wildman–Crippen LogP) is 11.2. The molecule has 1 nitrogen and oxygen atoms in total. The molecule has 1 aromatic carbocycles. The van der Waals surface area contributed by atoms with E-state index in [1.807, 2.05) is 13.0 Å². The maximum Gasteiger partial charge on any atom is 0.115 e. The van der Waals surface area contributed by atoms with Gasteiger partial charge in [0.05, 0.1) is 5.54 Å². The minimum Gasteiger partial charge on any atom is -0.375 e. The van der Waals surface area contributed by atoms with Crippen LogP contribution in [0.3, 0.4) is 0 Å². The number of unbranched alkanes of at least 4 members (excludes halogenated alkanes) is 3. The Hall–Kier alpha value is -1.83. The Morgan fingerprint density at radius 1 is 1.21 bits per heavy atom. The lowest BCUT2D eigenvalue weighted by Crippen LogP contribution is -2.42. The summed E-state index contributed by atoms with van der Waals surface area (Å²) in [5.41, 5.74) is 8.03. The fraction of sp³-hybridized carbons (Fsp3) is 0.667. The summed E-state index contributed by atoms with van der Waals surface area (Å²) >= 11 is 0. The van der Waals surface area contributed by atoms with Gasteiger partial charge >= 0.3 is 0 Å². The smallest absolute Gasteiger partial charge is 0.115 e. The van der Waals surface area contributed by atoms with Crippen molar-refractivity contribution in [3.05, 3.63) is 64.8 Å². The zero-order valence-electron chi connectivity index (χ0n) is 25.9. The van der Waals surface area contributed by atoms with Gasteiger partial charge in [0.1, 0.15) is 6.67 Å². The normalized spacial score (nSPS) is 25.1. The lowest BCUT2D eigenvalue weighted by Gasteiger charge is -2.37. The second kappa shape index (κ2) is 13.0. The quantitative estimate of drug-likeness (QED) is 0.190. The minimum absolute atomic E-state index is 0.182. The molecule has 5 atom stereocenters. The van der Waals surface area contributed by atoms with E-state index in [-0.39, 0.29) is 5.54 Å². The SMILES string of the molecule is C=CC1C(C)C(CC(C2=CCC2)C(C)CC(C)(C)C)=C(CCCCCC)C1(C)Nc1ccc(CF)c(C)c1. The number of hydrogen-bond acceptors (Lipinski definition) is 1. The molecule has 2 aliphatic carbocycles. The van der Waals surface area contributed by atoms with Crippen LogP contribution in [0.4, 0.5) is 10.1 Å². The van der Waals surface area contributed by atoms with E-state index in [1.54, 1.807) is 16.7 Å². The van der Waals surface area contributed by atoms with Crippen molar-refractivity contribution in [2.24, 2.45) is 29.1 Å². The molecule has 0 fully saturated rings. The fourth-order valence-corrected chi connectivity index (χ4v) is 7.50. The van der Waals surface area contributed by atoms with Gasteiger partial charge in [-0.05, 0) is 104 Å². The Morgan fingerprint density at radius 3 is 2.45 bits per heavy atom. The van der Waals surface area contributed by atoms with Crippen molar-refractivity contribution in [1.29, 1.82) is 0 Å². The van der Waals surface area contributed by atoms with Crippen LogP contribution in [0.2, 0.25) is 0 Å². The third kappa shape index (κ3) is 7.02. The van der Waals surface area contributed by atoms with Gasteiger partial charge in [-0.15, -0.1) is 6.58 Å². The van der Waals surface area contributed by atoms with E-state index in [0.29, 0.717) is 29.1 Å². The van der Waals surface area contributed by atoms with Gasteiger partial charge in [-0.2, -0.15) is 0 Å². The molecule has 0 aromatic heterocycles. The molecular weight excluding hydrogens is 465 g/mol. The number of hydrogen-bond donors (Lipinski definition) is 1. The van der Waals surface area contributed by atoms with Gasteiger partial charge in [-0.3, -0.25) is 0 Å². The van der Waals surface area contributed by atoms with Crippen molar-refractivity contribution < 1.29 is 4.39 Å². The van der Waals surface area contributed by atoms with Gasteiger partial charge in [-0.25, -0.2) is 4.39 Å². The lowest BCUT2D eigenvalue weighted by molar-refractivity contribution is 0.248. The molecule has 0 heterocycles. The molecule has 212 valence electrons. The molecule has 1 N–H and O–H groups in total. The van der Waals surface area contributed by atoms with Gasteiger partial charge < -0.3 is 5.32 Å². The fourth-order valence-electron chi connectivity index (χ4n) is 7.50. The standard InChI is InChI=1S/C36H56FN/c1-10-12-13-14-18-34-32(22-31(28-16-15-17-28)26(4)23-35(6,7)8)27(5)33(11-2)36(34,9)38-30-20-19-29(24-37)25(3)21-30/h11,16,19-21,26-27,31,33,38H,2,10,12-15,17-18,22-24H2,1,3-9H3. The highest BCUT2D eigenvalue weighted by Gasteiger charge is 2.48. The van der Waals surface area contributed by atoms with E-state index in [1.165, 1.54) is 51.4 Å². The number of benzene rings is 1. The highest BCUT2D eigenvalue weighted by atomic mass is 19.1. The van der Waals surface area contributed by atoms with Crippen LogP contribution in [0.1, 0.15) is 117 Å². The summed E-state index contributed by atoms with van der Waals surface area (Å²) in [4.78, 5) is 0. The average molecular weight is 522 g/mol. The van der Waals surface area contributed by atoms with Crippen LogP contribution in [0, 0.1) is 36.0 Å². The molecule has 3 rings (SSSR count). The Bertz CT molecular complexity index is 1010. The number of aryl methyl sites for hydroxylation is 1. The number of halogens is 1. The second-order valence-corrected chi connectivity index (χ2v) is 13.8. The van der Waals surface area contributed by atoms with Crippen molar-refractivity contribution in [2.45, 2.75) is 125 Å². The first kappa shape index (κ1) is 30.7. The third-order valence-corrected chi connectivity index (χ3v) is 9.57. The van der Waals surface area contributed by atoms with Crippen LogP contribution >= 0.6 is 0 Å². The monoisotopic (exact) mass is 521 g/mol. The summed E-state index contributed by atoms with van der Waals surface area (Å²) in [6, 6.07) is 6.14. The van der Waals surface area contributed by atoms with Crippen LogP contribution < -0.4 is 5.32 Å². The van der Waals surface area contributed by atoms with Crippen molar-refractivity contribution in [1.82, 2.24) is 0 Å². The largest absolute Gasteiger partial charge is 0.375 e. The van der Waals surface area contributed by atoms with Gasteiger partial charge in [0.25, 0.3) is 0 Å². The molecule has 0 bridgehead atoms. The molecule has 0 spiro atoms. The van der Waals surface area contributed by atoms with Crippen molar-refractivity contribution in [3.8, 4) is 0 Å². The number of allylic oxidation sites excluding steroid dienone is 3. The molecule has 2 heteroatoms. The van der Waals surface area contributed by atoms with Crippen LogP contribution in [-0.4, -0.2) is 5.54 Å². The van der Waals surface area contributed by atoms with E-state index in [2.05, 4.69) is 84.6 Å². The lowest BCUT2D eigenvalue weighted by atomic mass is 9.70. The third-order valence-electron chi connectivity index (χ3n) is 9.57. The molecule has 5 unspecified atom stereocenters. The Kier molecular flexibility index (Phi) is 10.5. The Labute approximate surface area is 234 Å². The maximum atomic E-state index is 13.4. The first-order valence-corrected chi connectivity index (χ1v) is 15.4. The predicted molar refractivity (Wildman–Crippen MR) is 165 cm³/mol. The topological polar surface area (TPSA) is 12.0 Å². The van der Waals surface area contributed by atoms with Crippen LogP contribution in [-0.2, 0) is 6.67 Å². The molecule has 38 heavy (non-hydrogen) atoms. The summed E-state index contributed by atoms with van der Waals surface area (Å²) in [6.07, 6.45) is 15.9. The second-order valence-electron chi connectivity index (χ2n) is 13.8. The Balaban J connectivity index is 2.03. The zero-order chi connectivity index (χ0) is 28.1. The molecule has 2 aliphatic rings. The van der Waals surface area contributed by atoms with Crippen LogP contribution in [0.5, 0.6) is 0 Å². The van der Waals surface area contributed by atoms with Crippen LogP contribution in [0.25, 0.3) is 0 Å². The number of nitrogens with one attached hydrogen (secondary N) is 1. The molecular formula is C36H56FN. The number of anilines is 1. The molecule has 1 aromatic rings. The molecule has 0 aliphatic heterocycles. The van der Waals surface area contributed by atoms with Crippen molar-refractivity contribution in [3.63, 3.8) is 0 Å². The van der Waals surface area contributed by atoms with E-state index in [9.17, 15) is 4.39 Å². The zero-order valence-corrected chi connectivity index (χ0v) is 25.9. The van der Waals surface area contributed by atoms with E-state index < -0.39 is 6.67 Å². The Morgan fingerprint density at radius 2 is 1.92 bits per heavy atom. The van der Waals surface area contributed by atoms with Gasteiger partial charge in [0.15, 0.2) is 0 Å². The number of alkyl halides is 1. The molecule has 0 amide bonds. The first-order chi connectivity index (χ1) is 17.9. The minimum atomic E-state index is -0.410. The number of rotatable bonds is 14. The highest BCUT2D eigenvalue weighted by Crippen LogP contribution is 2.53. The average Bonchev–Trinajstić information content (AvgIpc) is 2.99. The van der Waals surface area contributed by atoms with E-state index in [0.717, 1.165) is 23.2 Å². The molecule has 0 saturated heterocycles. The van der Waals surface area contributed by atoms with E-state index in [4.69, 9.17) is 0 Å². The summed E-state index contributed by atoms with van der Waals surface area (Å²) < 4.78 is 13.4. The summed E-state index contributed by atoms with van der Waals surface area (Å²) in [5, 5.41) is 3.99. The molecule has 0 radical (unpaired) electrons. The molecule has 0 saturated carbocycles.